The van der Waals surface area contributed by atoms with Gasteiger partial charge in [0.1, 0.15) is 5.75 Å². The fourth-order valence-electron chi connectivity index (χ4n) is 3.62. The van der Waals surface area contributed by atoms with Gasteiger partial charge < -0.3 is 20.3 Å². The monoisotopic (exact) mass is 401 g/mol. The second kappa shape index (κ2) is 8.63. The first-order chi connectivity index (χ1) is 13.1. The minimum absolute atomic E-state index is 0. The molecule has 7 heteroatoms. The molecule has 2 amide bonds. The molecule has 0 radical (unpaired) electrons. The van der Waals surface area contributed by atoms with Gasteiger partial charge in [0.05, 0.1) is 0 Å². The van der Waals surface area contributed by atoms with E-state index in [0.29, 0.717) is 17.7 Å². The number of benzene rings is 2. The van der Waals surface area contributed by atoms with Crippen LogP contribution in [0.25, 0.3) is 0 Å². The number of anilines is 1. The van der Waals surface area contributed by atoms with E-state index in [2.05, 4.69) is 10.6 Å². The van der Waals surface area contributed by atoms with E-state index in [1.54, 1.807) is 29.2 Å². The maximum Gasteiger partial charge on any atom is 0.265 e. The van der Waals surface area contributed by atoms with Crippen molar-refractivity contribution in [2.75, 3.05) is 25.5 Å². The van der Waals surface area contributed by atoms with Crippen molar-refractivity contribution in [3.8, 4) is 5.75 Å². The Bertz CT molecular complexity index is 842. The summed E-state index contributed by atoms with van der Waals surface area (Å²) in [6.07, 6.45) is 0.963. The van der Waals surface area contributed by atoms with Crippen molar-refractivity contribution in [1.82, 2.24) is 10.2 Å². The van der Waals surface area contributed by atoms with Gasteiger partial charge in [-0.25, -0.2) is 0 Å². The Balaban J connectivity index is 0.00000225. The van der Waals surface area contributed by atoms with Gasteiger partial charge in [-0.1, -0.05) is 24.3 Å². The Morgan fingerprint density at radius 3 is 2.75 bits per heavy atom. The van der Waals surface area contributed by atoms with Gasteiger partial charge in [0, 0.05) is 37.3 Å². The lowest BCUT2D eigenvalue weighted by Crippen LogP contribution is -2.38. The average Bonchev–Trinajstić information content (AvgIpc) is 3.36. The quantitative estimate of drug-likeness (QED) is 0.825. The minimum Gasteiger partial charge on any atom is -0.480 e. The first-order valence-electron chi connectivity index (χ1n) is 9.25. The molecular weight excluding hydrogens is 378 g/mol. The second-order valence-electron chi connectivity index (χ2n) is 7.05. The highest BCUT2D eigenvalue weighted by Crippen LogP contribution is 2.28. The number of hydrogen-bond donors (Lipinski definition) is 2. The third-order valence-electron chi connectivity index (χ3n) is 5.22. The summed E-state index contributed by atoms with van der Waals surface area (Å²) in [6, 6.07) is 15.0. The van der Waals surface area contributed by atoms with E-state index >= 15 is 0 Å². The Hall–Kier alpha value is -2.57. The Morgan fingerprint density at radius 1 is 1.18 bits per heavy atom. The number of hydrogen-bond acceptors (Lipinski definition) is 4. The summed E-state index contributed by atoms with van der Waals surface area (Å²) < 4.78 is 5.73. The molecule has 0 bridgehead atoms. The maximum atomic E-state index is 12.7. The largest absolute Gasteiger partial charge is 0.480 e. The van der Waals surface area contributed by atoms with E-state index in [-0.39, 0.29) is 30.3 Å². The van der Waals surface area contributed by atoms with Crippen molar-refractivity contribution >= 4 is 29.9 Å². The van der Waals surface area contributed by atoms with Crippen molar-refractivity contribution in [3.05, 3.63) is 59.7 Å². The van der Waals surface area contributed by atoms with Crippen LogP contribution in [0.15, 0.2) is 48.5 Å². The second-order valence-corrected chi connectivity index (χ2v) is 7.05. The minimum atomic E-state index is -0.547. The predicted molar refractivity (Wildman–Crippen MR) is 110 cm³/mol. The standard InChI is InChI=1S/C21H23N3O3.ClH/c1-24(17-9-10-22-13-17)21(26)15-6-4-7-16(11-15)23-20(25)19-12-14-5-2-3-8-18(14)27-19;/h2-8,11,17,19,22H,9-10,12-13H2,1H3,(H,23,25);1H. The molecule has 0 aromatic heterocycles. The molecule has 2 unspecified atom stereocenters. The van der Waals surface area contributed by atoms with E-state index in [0.717, 1.165) is 30.8 Å². The number of rotatable bonds is 4. The fraction of sp³-hybridized carbons (Fsp3) is 0.333. The van der Waals surface area contributed by atoms with Gasteiger partial charge >= 0.3 is 0 Å². The molecule has 2 aliphatic heterocycles. The van der Waals surface area contributed by atoms with E-state index in [4.69, 9.17) is 4.74 Å². The number of ether oxygens (including phenoxy) is 1. The van der Waals surface area contributed by atoms with Crippen LogP contribution in [0.4, 0.5) is 5.69 Å². The number of para-hydroxylation sites is 1. The molecule has 0 spiro atoms. The molecule has 148 valence electrons. The van der Waals surface area contributed by atoms with Crippen molar-refractivity contribution < 1.29 is 14.3 Å². The summed E-state index contributed by atoms with van der Waals surface area (Å²) in [5.74, 6) is 0.516. The van der Waals surface area contributed by atoms with Gasteiger partial charge in [-0.05, 0) is 42.8 Å². The van der Waals surface area contributed by atoms with Gasteiger partial charge in [0.2, 0.25) is 0 Å². The molecule has 2 atom stereocenters. The summed E-state index contributed by atoms with van der Waals surface area (Å²) in [6.45, 7) is 1.75. The van der Waals surface area contributed by atoms with Gasteiger partial charge in [0.15, 0.2) is 6.10 Å². The summed E-state index contributed by atoms with van der Waals surface area (Å²) in [5, 5.41) is 6.15. The number of carbonyl (C=O) groups excluding carboxylic acids is 2. The molecule has 2 aliphatic rings. The Morgan fingerprint density at radius 2 is 2.00 bits per heavy atom. The molecule has 2 heterocycles. The van der Waals surface area contributed by atoms with Gasteiger partial charge in [-0.3, -0.25) is 9.59 Å². The Kier molecular flexibility index (Phi) is 6.21. The topological polar surface area (TPSA) is 70.7 Å². The average molecular weight is 402 g/mol. The number of fused-ring (bicyclic) bond motifs is 1. The lowest BCUT2D eigenvalue weighted by atomic mass is 10.1. The summed E-state index contributed by atoms with van der Waals surface area (Å²) in [7, 11) is 1.83. The summed E-state index contributed by atoms with van der Waals surface area (Å²) in [4.78, 5) is 27.1. The summed E-state index contributed by atoms with van der Waals surface area (Å²) >= 11 is 0. The predicted octanol–water partition coefficient (Wildman–Crippen LogP) is 2.48. The molecule has 0 saturated carbocycles. The van der Waals surface area contributed by atoms with Gasteiger partial charge in [0.25, 0.3) is 11.8 Å². The highest BCUT2D eigenvalue weighted by molar-refractivity contribution is 5.98. The maximum absolute atomic E-state index is 12.7. The molecule has 1 saturated heterocycles. The first kappa shape index (κ1) is 20.2. The summed E-state index contributed by atoms with van der Waals surface area (Å²) in [5.41, 5.74) is 2.20. The van der Waals surface area contributed by atoms with Crippen LogP contribution in [-0.4, -0.2) is 49.0 Å². The van der Waals surface area contributed by atoms with Crippen molar-refractivity contribution in [1.29, 1.82) is 0 Å². The third-order valence-corrected chi connectivity index (χ3v) is 5.22. The van der Waals surface area contributed by atoms with Gasteiger partial charge in [-0.15, -0.1) is 12.4 Å². The zero-order valence-electron chi connectivity index (χ0n) is 15.7. The number of carbonyl (C=O) groups is 2. The van der Waals surface area contributed by atoms with Crippen molar-refractivity contribution in [3.63, 3.8) is 0 Å². The van der Waals surface area contributed by atoms with Crippen LogP contribution in [0.5, 0.6) is 5.75 Å². The van der Waals surface area contributed by atoms with Crippen LogP contribution >= 0.6 is 12.4 Å². The normalized spacial score (nSPS) is 19.9. The zero-order valence-corrected chi connectivity index (χ0v) is 16.5. The molecule has 2 N–H and O–H groups in total. The fourth-order valence-corrected chi connectivity index (χ4v) is 3.62. The van der Waals surface area contributed by atoms with E-state index in [9.17, 15) is 9.59 Å². The Labute approximate surface area is 170 Å². The smallest absolute Gasteiger partial charge is 0.265 e. The first-order valence-corrected chi connectivity index (χ1v) is 9.25. The van der Waals surface area contributed by atoms with Crippen molar-refractivity contribution in [2.45, 2.75) is 25.0 Å². The van der Waals surface area contributed by atoms with E-state index in [1.807, 2.05) is 31.3 Å². The van der Waals surface area contributed by atoms with Crippen LogP contribution in [0.3, 0.4) is 0 Å². The molecule has 2 aromatic carbocycles. The number of amides is 2. The molecule has 0 aliphatic carbocycles. The SMILES string of the molecule is CN(C(=O)c1cccc(NC(=O)C2Cc3ccccc3O2)c1)C1CCNC1.Cl. The lowest BCUT2D eigenvalue weighted by Gasteiger charge is -2.24. The molecule has 6 nitrogen and oxygen atoms in total. The number of likely N-dealkylation sites (N-methyl/N-ethyl adjacent to an activating group) is 1. The van der Waals surface area contributed by atoms with Crippen LogP contribution in [0, 0.1) is 0 Å². The third kappa shape index (κ3) is 4.13. The molecule has 2 aromatic rings. The van der Waals surface area contributed by atoms with E-state index in [1.165, 1.54) is 0 Å². The van der Waals surface area contributed by atoms with Crippen molar-refractivity contribution in [2.24, 2.45) is 0 Å². The molecule has 28 heavy (non-hydrogen) atoms. The number of nitrogens with zero attached hydrogens (tertiary/aromatic N) is 1. The molecule has 4 rings (SSSR count). The highest BCUT2D eigenvalue weighted by atomic mass is 35.5. The van der Waals surface area contributed by atoms with Gasteiger partial charge in [-0.2, -0.15) is 0 Å². The van der Waals surface area contributed by atoms with Crippen LogP contribution in [0.1, 0.15) is 22.3 Å². The van der Waals surface area contributed by atoms with Crippen LogP contribution < -0.4 is 15.4 Å². The highest BCUT2D eigenvalue weighted by Gasteiger charge is 2.29. The molecule has 1 fully saturated rings. The van der Waals surface area contributed by atoms with Crippen LogP contribution in [-0.2, 0) is 11.2 Å². The number of halogens is 1. The number of nitrogens with one attached hydrogen (secondary N) is 2. The van der Waals surface area contributed by atoms with Crippen LogP contribution in [0.2, 0.25) is 0 Å². The lowest BCUT2D eigenvalue weighted by molar-refractivity contribution is -0.122. The zero-order chi connectivity index (χ0) is 18.8. The van der Waals surface area contributed by atoms with E-state index < -0.39 is 6.10 Å². The molecular formula is C21H24ClN3O3.